The van der Waals surface area contributed by atoms with Gasteiger partial charge in [0, 0.05) is 42.8 Å². The molecule has 1 aliphatic rings. The molecule has 0 saturated carbocycles. The molecule has 2 heterocycles. The van der Waals surface area contributed by atoms with Crippen LogP contribution in [0.3, 0.4) is 0 Å². The second-order valence-corrected chi connectivity index (χ2v) is 15.1. The van der Waals surface area contributed by atoms with Gasteiger partial charge in [0.2, 0.25) is 5.91 Å². The summed E-state index contributed by atoms with van der Waals surface area (Å²) in [7, 11) is 4.02. The second kappa shape index (κ2) is 18.5. The lowest BCUT2D eigenvalue weighted by Crippen LogP contribution is -2.33. The number of amides is 1. The average Bonchev–Trinajstić information content (AvgIpc) is 3.50. The number of aliphatic carboxylic acids is 1. The van der Waals surface area contributed by atoms with Crippen LogP contribution in [0.1, 0.15) is 58.2 Å². The molecule has 2 N–H and O–H groups in total. The maximum absolute atomic E-state index is 12.9. The Bertz CT molecular complexity index is 2320. The van der Waals surface area contributed by atoms with Crippen molar-refractivity contribution >= 4 is 29.2 Å². The Morgan fingerprint density at radius 2 is 1.68 bits per heavy atom. The van der Waals surface area contributed by atoms with E-state index >= 15 is 0 Å². The first-order valence-corrected chi connectivity index (χ1v) is 19.4. The van der Waals surface area contributed by atoms with Crippen LogP contribution in [0.4, 0.5) is 5.69 Å². The monoisotopic (exact) mass is 786 g/mol. The zero-order valence-electron chi connectivity index (χ0n) is 32.7. The molecule has 4 aromatic carbocycles. The zero-order chi connectivity index (χ0) is 40.6. The number of halogens is 1. The van der Waals surface area contributed by atoms with Crippen molar-refractivity contribution in [2.45, 2.75) is 65.3 Å². The lowest BCUT2D eigenvalue weighted by Gasteiger charge is -2.20. The highest BCUT2D eigenvalue weighted by Gasteiger charge is 2.27. The summed E-state index contributed by atoms with van der Waals surface area (Å²) in [6.07, 6.45) is 3.56. The first kappa shape index (κ1) is 40.9. The molecule has 0 bridgehead atoms. The number of hydrogen-bond acceptors (Lipinski definition) is 8. The molecule has 57 heavy (non-hydrogen) atoms. The van der Waals surface area contributed by atoms with Crippen LogP contribution in [0, 0.1) is 25.2 Å². The molecule has 0 fully saturated rings. The number of pyridine rings is 1. The number of likely N-dealkylation sites (N-methyl/N-ethyl adjacent to an activating group) is 1. The molecular formula is C46H47ClN4O6. The molecule has 11 heteroatoms. The third-order valence-corrected chi connectivity index (χ3v) is 10.7. The summed E-state index contributed by atoms with van der Waals surface area (Å²) in [6.45, 7) is 6.09. The van der Waals surface area contributed by atoms with Gasteiger partial charge in [-0.05, 0) is 122 Å². The Morgan fingerprint density at radius 3 is 2.44 bits per heavy atom. The standard InChI is InChI=1S/C46H47ClN4O6/c1-29-35(9-6-12-39(29)40-13-7-11-38(30(40)2)33-14-15-42-36(19-33)21-45(53)51(42)17-16-50(3)4)28-57-44-23-43(56-27-32-18-31(24-48)25-49-26-32)34(20-41(44)47)8-5-10-37(52)22-46(54)55/h6-7,9,11-15,18-20,23,25-26,37,52H,5,8,10,16-17,21-22,27-28H2,1-4H3,(H,54,55)/t37-/m1/s1. The van der Waals surface area contributed by atoms with Crippen molar-refractivity contribution in [2.24, 2.45) is 0 Å². The van der Waals surface area contributed by atoms with E-state index in [9.17, 15) is 20.0 Å². The summed E-state index contributed by atoms with van der Waals surface area (Å²) >= 11 is 6.80. The predicted molar refractivity (Wildman–Crippen MR) is 222 cm³/mol. The van der Waals surface area contributed by atoms with Crippen LogP contribution in [0.15, 0.2) is 85.2 Å². The second-order valence-electron chi connectivity index (χ2n) is 14.7. The fourth-order valence-electron chi connectivity index (χ4n) is 7.26. The van der Waals surface area contributed by atoms with Gasteiger partial charge in [-0.1, -0.05) is 54.1 Å². The Labute approximate surface area is 338 Å². The maximum atomic E-state index is 12.9. The first-order valence-electron chi connectivity index (χ1n) is 19.0. The fourth-order valence-corrected chi connectivity index (χ4v) is 7.50. The molecule has 294 valence electrons. The van der Waals surface area contributed by atoms with Gasteiger partial charge in [0.25, 0.3) is 0 Å². The van der Waals surface area contributed by atoms with Crippen LogP contribution in [0.2, 0.25) is 5.02 Å². The first-order chi connectivity index (χ1) is 27.4. The topological polar surface area (TPSA) is 136 Å². The normalized spacial score (nSPS) is 12.7. The van der Waals surface area contributed by atoms with Gasteiger partial charge in [-0.2, -0.15) is 5.26 Å². The number of aliphatic hydroxyl groups excluding tert-OH is 1. The lowest BCUT2D eigenvalue weighted by molar-refractivity contribution is -0.139. The smallest absolute Gasteiger partial charge is 0.305 e. The van der Waals surface area contributed by atoms with E-state index in [1.54, 1.807) is 24.4 Å². The molecule has 1 aromatic heterocycles. The van der Waals surface area contributed by atoms with E-state index in [0.717, 1.165) is 67.9 Å². The number of ether oxygens (including phenoxy) is 2. The number of nitriles is 1. The van der Waals surface area contributed by atoms with Gasteiger partial charge in [0.05, 0.1) is 29.5 Å². The summed E-state index contributed by atoms with van der Waals surface area (Å²) in [5.74, 6) is 0.0463. The van der Waals surface area contributed by atoms with Crippen LogP contribution in [-0.2, 0) is 35.6 Å². The molecule has 6 rings (SSSR count). The summed E-state index contributed by atoms with van der Waals surface area (Å²) in [5.41, 5.74) is 11.6. The molecule has 0 radical (unpaired) electrons. The lowest BCUT2D eigenvalue weighted by atomic mass is 9.89. The number of benzene rings is 4. The van der Waals surface area contributed by atoms with Gasteiger partial charge >= 0.3 is 5.97 Å². The summed E-state index contributed by atoms with van der Waals surface area (Å²) in [6, 6.07) is 26.2. The molecule has 10 nitrogen and oxygen atoms in total. The van der Waals surface area contributed by atoms with Crippen molar-refractivity contribution in [3.63, 3.8) is 0 Å². The van der Waals surface area contributed by atoms with Gasteiger partial charge in [-0.25, -0.2) is 0 Å². The molecule has 0 unspecified atom stereocenters. The van der Waals surface area contributed by atoms with Crippen molar-refractivity contribution in [2.75, 3.05) is 32.1 Å². The van der Waals surface area contributed by atoms with E-state index in [2.05, 4.69) is 72.3 Å². The minimum Gasteiger partial charge on any atom is -0.488 e. The van der Waals surface area contributed by atoms with Crippen LogP contribution < -0.4 is 14.4 Å². The van der Waals surface area contributed by atoms with Gasteiger partial charge in [-0.15, -0.1) is 0 Å². The Balaban J connectivity index is 1.22. The van der Waals surface area contributed by atoms with Crippen molar-refractivity contribution in [3.8, 4) is 39.8 Å². The molecule has 1 aliphatic heterocycles. The van der Waals surface area contributed by atoms with Gasteiger partial charge in [0.1, 0.15) is 30.8 Å². The van der Waals surface area contributed by atoms with E-state index in [1.807, 2.05) is 31.1 Å². The molecule has 1 amide bonds. The number of hydrogen-bond donors (Lipinski definition) is 2. The number of carbonyl (C=O) groups excluding carboxylic acids is 1. The van der Waals surface area contributed by atoms with Gasteiger partial charge in [0.15, 0.2) is 0 Å². The zero-order valence-corrected chi connectivity index (χ0v) is 33.5. The number of carbonyl (C=O) groups is 2. The van der Waals surface area contributed by atoms with Crippen molar-refractivity contribution in [3.05, 3.63) is 129 Å². The minimum absolute atomic E-state index is 0.135. The van der Waals surface area contributed by atoms with Crippen LogP contribution in [0.5, 0.6) is 11.5 Å². The Morgan fingerprint density at radius 1 is 0.947 bits per heavy atom. The van der Waals surface area contributed by atoms with E-state index in [0.29, 0.717) is 54.3 Å². The molecular weight excluding hydrogens is 740 g/mol. The van der Waals surface area contributed by atoms with Crippen LogP contribution in [-0.4, -0.2) is 65.3 Å². The van der Waals surface area contributed by atoms with Gasteiger partial charge in [-0.3, -0.25) is 14.6 Å². The molecule has 0 aliphatic carbocycles. The Hall–Kier alpha value is -5.73. The van der Waals surface area contributed by atoms with E-state index < -0.39 is 12.1 Å². The largest absolute Gasteiger partial charge is 0.488 e. The summed E-state index contributed by atoms with van der Waals surface area (Å²) in [4.78, 5) is 32.0. The highest BCUT2D eigenvalue weighted by Crippen LogP contribution is 2.39. The number of rotatable bonds is 17. The SMILES string of the molecule is Cc1c(COc2cc(OCc3cncc(C#N)c3)c(CCC[C@@H](O)CC(=O)O)cc2Cl)cccc1-c1cccc(-c2ccc3c(c2)CC(=O)N3CCN(C)C)c1C. The maximum Gasteiger partial charge on any atom is 0.305 e. The van der Waals surface area contributed by atoms with E-state index in [-0.39, 0.29) is 25.5 Å². The average molecular weight is 787 g/mol. The number of carboxylic acid groups (broad SMARTS) is 1. The molecule has 5 aromatic rings. The van der Waals surface area contributed by atoms with E-state index in [1.165, 1.54) is 6.20 Å². The number of aliphatic hydroxyl groups is 1. The Kier molecular flexibility index (Phi) is 13.3. The van der Waals surface area contributed by atoms with Crippen LogP contribution in [0.25, 0.3) is 22.3 Å². The molecule has 0 saturated heterocycles. The number of carboxylic acids is 1. The molecule has 1 atom stereocenters. The van der Waals surface area contributed by atoms with Crippen LogP contribution >= 0.6 is 11.6 Å². The minimum atomic E-state index is -1.05. The molecule has 0 spiro atoms. The van der Waals surface area contributed by atoms with E-state index in [4.69, 9.17) is 26.2 Å². The third kappa shape index (κ3) is 9.99. The number of anilines is 1. The van der Waals surface area contributed by atoms with Crippen molar-refractivity contribution in [1.82, 2.24) is 9.88 Å². The number of aryl methyl sites for hydroxylation is 1. The highest BCUT2D eigenvalue weighted by atomic mass is 35.5. The predicted octanol–water partition coefficient (Wildman–Crippen LogP) is 8.32. The summed E-state index contributed by atoms with van der Waals surface area (Å²) in [5, 5.41) is 28.9. The number of fused-ring (bicyclic) bond motifs is 1. The highest BCUT2D eigenvalue weighted by molar-refractivity contribution is 6.32. The number of aromatic nitrogens is 1. The number of nitrogens with zero attached hydrogens (tertiary/aromatic N) is 4. The van der Waals surface area contributed by atoms with Crippen molar-refractivity contribution in [1.29, 1.82) is 5.26 Å². The van der Waals surface area contributed by atoms with Gasteiger partial charge < -0.3 is 29.5 Å². The third-order valence-electron chi connectivity index (χ3n) is 10.4. The summed E-state index contributed by atoms with van der Waals surface area (Å²) < 4.78 is 12.6. The fraction of sp³-hybridized carbons (Fsp3) is 0.304. The quantitative estimate of drug-likeness (QED) is 0.0954. The van der Waals surface area contributed by atoms with Crippen molar-refractivity contribution < 1.29 is 29.3 Å².